The summed E-state index contributed by atoms with van der Waals surface area (Å²) in [5.74, 6) is 1.83. The van der Waals surface area contributed by atoms with E-state index in [1.807, 2.05) is 24.4 Å². The van der Waals surface area contributed by atoms with E-state index in [4.69, 9.17) is 4.42 Å². The monoisotopic (exact) mass is 237 g/mol. The molecule has 3 nitrogen and oxygen atoms in total. The third kappa shape index (κ3) is 2.18. The fourth-order valence-corrected chi connectivity index (χ4v) is 2.53. The van der Waals surface area contributed by atoms with E-state index < -0.39 is 0 Å². The maximum Gasteiger partial charge on any atom is 0.153 e. The second-order valence-corrected chi connectivity index (χ2v) is 4.66. The van der Waals surface area contributed by atoms with E-state index in [1.165, 1.54) is 0 Å². The van der Waals surface area contributed by atoms with Crippen LogP contribution in [0.3, 0.4) is 0 Å². The Kier molecular flexibility index (Phi) is 3.41. The fraction of sp³-hybridized carbons (Fsp3) is 0.417. The third-order valence-electron chi connectivity index (χ3n) is 2.58. The van der Waals surface area contributed by atoms with Crippen molar-refractivity contribution >= 4 is 11.3 Å². The highest BCUT2D eigenvalue weighted by atomic mass is 32.1. The number of aliphatic hydroxyl groups is 1. The molecule has 0 bridgehead atoms. The van der Waals surface area contributed by atoms with Crippen LogP contribution in [0.25, 0.3) is 11.5 Å². The number of furan rings is 1. The lowest BCUT2D eigenvalue weighted by Gasteiger charge is -2.05. The molecular weight excluding hydrogens is 222 g/mol. The van der Waals surface area contributed by atoms with Gasteiger partial charge in [0.1, 0.15) is 11.5 Å². The smallest absolute Gasteiger partial charge is 0.153 e. The average Bonchev–Trinajstić information content (AvgIpc) is 2.89. The first-order valence-electron chi connectivity index (χ1n) is 5.37. The molecule has 0 aliphatic carbocycles. The SMILES string of the molecule is CCC(CO)c1nc(-c2ccc(C)o2)cs1. The van der Waals surface area contributed by atoms with E-state index in [1.54, 1.807) is 11.3 Å². The molecule has 0 radical (unpaired) electrons. The van der Waals surface area contributed by atoms with Crippen molar-refractivity contribution in [3.8, 4) is 11.5 Å². The molecule has 2 aromatic rings. The van der Waals surface area contributed by atoms with Crippen LogP contribution in [0.5, 0.6) is 0 Å². The minimum absolute atomic E-state index is 0.148. The van der Waals surface area contributed by atoms with Gasteiger partial charge in [-0.15, -0.1) is 11.3 Å². The molecule has 0 saturated carbocycles. The molecule has 2 heterocycles. The summed E-state index contributed by atoms with van der Waals surface area (Å²) in [5, 5.41) is 12.2. The van der Waals surface area contributed by atoms with E-state index in [2.05, 4.69) is 11.9 Å². The van der Waals surface area contributed by atoms with Gasteiger partial charge in [-0.3, -0.25) is 0 Å². The molecule has 0 aliphatic rings. The first kappa shape index (κ1) is 11.4. The van der Waals surface area contributed by atoms with Gasteiger partial charge in [-0.25, -0.2) is 4.98 Å². The lowest BCUT2D eigenvalue weighted by Crippen LogP contribution is -2.01. The Labute approximate surface area is 98.8 Å². The lowest BCUT2D eigenvalue weighted by molar-refractivity contribution is 0.262. The van der Waals surface area contributed by atoms with Crippen LogP contribution in [-0.2, 0) is 0 Å². The van der Waals surface area contributed by atoms with Crippen molar-refractivity contribution in [3.63, 3.8) is 0 Å². The minimum Gasteiger partial charge on any atom is -0.460 e. The van der Waals surface area contributed by atoms with E-state index in [0.29, 0.717) is 0 Å². The van der Waals surface area contributed by atoms with Crippen molar-refractivity contribution in [2.24, 2.45) is 0 Å². The maximum absolute atomic E-state index is 9.21. The highest BCUT2D eigenvalue weighted by molar-refractivity contribution is 7.10. The van der Waals surface area contributed by atoms with Gasteiger partial charge in [0.15, 0.2) is 5.76 Å². The van der Waals surface area contributed by atoms with Gasteiger partial charge in [0, 0.05) is 11.3 Å². The molecule has 4 heteroatoms. The number of aryl methyl sites for hydroxylation is 1. The zero-order valence-corrected chi connectivity index (χ0v) is 10.3. The number of rotatable bonds is 4. The maximum atomic E-state index is 9.21. The predicted molar refractivity (Wildman–Crippen MR) is 64.7 cm³/mol. The van der Waals surface area contributed by atoms with Gasteiger partial charge in [-0.2, -0.15) is 0 Å². The molecule has 0 fully saturated rings. The van der Waals surface area contributed by atoms with Crippen molar-refractivity contribution in [1.29, 1.82) is 0 Å². The number of aromatic nitrogens is 1. The normalized spacial score (nSPS) is 12.9. The van der Waals surface area contributed by atoms with Gasteiger partial charge < -0.3 is 9.52 Å². The minimum atomic E-state index is 0.148. The van der Waals surface area contributed by atoms with Crippen molar-refractivity contribution in [2.75, 3.05) is 6.61 Å². The standard InChI is InChI=1S/C12H15NO2S/c1-3-9(6-14)12-13-10(7-16-12)11-5-4-8(2)15-11/h4-5,7,9,14H,3,6H2,1-2H3. The van der Waals surface area contributed by atoms with Crippen LogP contribution in [0.15, 0.2) is 21.9 Å². The molecule has 1 unspecified atom stereocenters. The Morgan fingerprint density at radius 3 is 2.88 bits per heavy atom. The van der Waals surface area contributed by atoms with Gasteiger partial charge in [-0.05, 0) is 25.5 Å². The van der Waals surface area contributed by atoms with Crippen LogP contribution in [0.4, 0.5) is 0 Å². The number of thiazole rings is 1. The molecule has 0 amide bonds. The van der Waals surface area contributed by atoms with Crippen LogP contribution in [0.2, 0.25) is 0 Å². The molecule has 0 spiro atoms. The Hall–Kier alpha value is -1.13. The third-order valence-corrected chi connectivity index (χ3v) is 3.58. The Morgan fingerprint density at radius 1 is 1.50 bits per heavy atom. The first-order valence-corrected chi connectivity index (χ1v) is 6.25. The molecule has 86 valence electrons. The van der Waals surface area contributed by atoms with Crippen LogP contribution in [0.1, 0.15) is 30.0 Å². The van der Waals surface area contributed by atoms with E-state index in [-0.39, 0.29) is 12.5 Å². The second-order valence-electron chi connectivity index (χ2n) is 3.77. The Balaban J connectivity index is 2.25. The van der Waals surface area contributed by atoms with Gasteiger partial charge in [-0.1, -0.05) is 6.92 Å². The molecule has 2 aromatic heterocycles. The molecule has 0 aliphatic heterocycles. The summed E-state index contributed by atoms with van der Waals surface area (Å²) in [6, 6.07) is 3.85. The summed E-state index contributed by atoms with van der Waals surface area (Å²) in [6.45, 7) is 4.12. The summed E-state index contributed by atoms with van der Waals surface area (Å²) in [4.78, 5) is 4.50. The van der Waals surface area contributed by atoms with E-state index >= 15 is 0 Å². The molecular formula is C12H15NO2S. The summed E-state index contributed by atoms with van der Waals surface area (Å²) >= 11 is 1.58. The summed E-state index contributed by atoms with van der Waals surface area (Å²) < 4.78 is 5.51. The Bertz CT molecular complexity index is 457. The second kappa shape index (κ2) is 4.80. The number of aliphatic hydroxyl groups excluding tert-OH is 1. The van der Waals surface area contributed by atoms with Crippen molar-refractivity contribution in [1.82, 2.24) is 4.98 Å². The lowest BCUT2D eigenvalue weighted by atomic mass is 10.1. The van der Waals surface area contributed by atoms with Crippen LogP contribution < -0.4 is 0 Å². The van der Waals surface area contributed by atoms with Crippen molar-refractivity contribution < 1.29 is 9.52 Å². The number of nitrogens with zero attached hydrogens (tertiary/aromatic N) is 1. The highest BCUT2D eigenvalue weighted by Gasteiger charge is 2.14. The van der Waals surface area contributed by atoms with E-state index in [9.17, 15) is 5.11 Å². The summed E-state index contributed by atoms with van der Waals surface area (Å²) in [7, 11) is 0. The highest BCUT2D eigenvalue weighted by Crippen LogP contribution is 2.28. The topological polar surface area (TPSA) is 46.3 Å². The zero-order chi connectivity index (χ0) is 11.5. The molecule has 2 rings (SSSR count). The van der Waals surface area contributed by atoms with Gasteiger partial charge in [0.05, 0.1) is 11.6 Å². The molecule has 0 saturated heterocycles. The fourth-order valence-electron chi connectivity index (χ4n) is 1.54. The molecule has 16 heavy (non-hydrogen) atoms. The quantitative estimate of drug-likeness (QED) is 0.888. The van der Waals surface area contributed by atoms with Crippen molar-refractivity contribution in [3.05, 3.63) is 28.3 Å². The summed E-state index contributed by atoms with van der Waals surface area (Å²) in [6.07, 6.45) is 0.903. The van der Waals surface area contributed by atoms with Gasteiger partial charge in [0.2, 0.25) is 0 Å². The predicted octanol–water partition coefficient (Wildman–Crippen LogP) is 3.20. The molecule has 0 aromatic carbocycles. The van der Waals surface area contributed by atoms with Gasteiger partial charge in [0.25, 0.3) is 0 Å². The van der Waals surface area contributed by atoms with Gasteiger partial charge >= 0.3 is 0 Å². The summed E-state index contributed by atoms with van der Waals surface area (Å²) in [5.41, 5.74) is 0.861. The van der Waals surface area contributed by atoms with Crippen LogP contribution in [0, 0.1) is 6.92 Å². The van der Waals surface area contributed by atoms with E-state index in [0.717, 1.165) is 28.6 Å². The van der Waals surface area contributed by atoms with Crippen LogP contribution >= 0.6 is 11.3 Å². The Morgan fingerprint density at radius 2 is 2.31 bits per heavy atom. The van der Waals surface area contributed by atoms with Crippen LogP contribution in [-0.4, -0.2) is 16.7 Å². The van der Waals surface area contributed by atoms with Crippen molar-refractivity contribution in [2.45, 2.75) is 26.2 Å². The number of hydrogen-bond acceptors (Lipinski definition) is 4. The zero-order valence-electron chi connectivity index (χ0n) is 9.43. The molecule has 1 N–H and O–H groups in total. The average molecular weight is 237 g/mol. The largest absolute Gasteiger partial charge is 0.460 e. The number of hydrogen-bond donors (Lipinski definition) is 1. The first-order chi connectivity index (χ1) is 7.74. The molecule has 1 atom stereocenters.